The first-order valence-corrected chi connectivity index (χ1v) is 5.37. The minimum atomic E-state index is -0.0225. The number of H-pyrrole nitrogens is 1. The average Bonchev–Trinajstić information content (AvgIpc) is 2.53. The van der Waals surface area contributed by atoms with Crippen LogP contribution in [0, 0.1) is 0 Å². The standard InChI is InChI=1S/C9H6BrNOS/c10-7-4-2-1-3-6(7)8-5-13-9(12)11-8/h1-5H,(H,11,12). The van der Waals surface area contributed by atoms with E-state index in [-0.39, 0.29) is 4.87 Å². The Balaban J connectivity index is 2.58. The van der Waals surface area contributed by atoms with E-state index in [0.29, 0.717) is 0 Å². The molecule has 0 amide bonds. The van der Waals surface area contributed by atoms with Crippen LogP contribution in [0.4, 0.5) is 0 Å². The van der Waals surface area contributed by atoms with Gasteiger partial charge in [-0.05, 0) is 6.07 Å². The van der Waals surface area contributed by atoms with Crippen molar-refractivity contribution in [1.82, 2.24) is 4.98 Å². The first-order valence-electron chi connectivity index (χ1n) is 3.70. The van der Waals surface area contributed by atoms with E-state index in [4.69, 9.17) is 0 Å². The van der Waals surface area contributed by atoms with Gasteiger partial charge in [0.15, 0.2) is 0 Å². The van der Waals surface area contributed by atoms with Crippen molar-refractivity contribution in [3.8, 4) is 11.3 Å². The van der Waals surface area contributed by atoms with Crippen molar-refractivity contribution >= 4 is 27.3 Å². The number of aromatic nitrogens is 1. The highest BCUT2D eigenvalue weighted by atomic mass is 79.9. The van der Waals surface area contributed by atoms with Crippen LogP contribution in [-0.4, -0.2) is 4.98 Å². The van der Waals surface area contributed by atoms with Crippen LogP contribution >= 0.6 is 27.3 Å². The molecule has 1 aromatic carbocycles. The molecular formula is C9H6BrNOS. The van der Waals surface area contributed by atoms with E-state index in [1.165, 1.54) is 11.3 Å². The molecule has 4 heteroatoms. The lowest BCUT2D eigenvalue weighted by atomic mass is 10.2. The van der Waals surface area contributed by atoms with Gasteiger partial charge in [-0.3, -0.25) is 4.79 Å². The monoisotopic (exact) mass is 255 g/mol. The van der Waals surface area contributed by atoms with Crippen molar-refractivity contribution in [2.45, 2.75) is 0 Å². The third kappa shape index (κ3) is 1.73. The molecule has 0 aliphatic heterocycles. The molecule has 2 rings (SSSR count). The Bertz CT molecular complexity index is 474. The van der Waals surface area contributed by atoms with E-state index in [1.54, 1.807) is 0 Å². The lowest BCUT2D eigenvalue weighted by Gasteiger charge is -1.98. The lowest BCUT2D eigenvalue weighted by molar-refractivity contribution is 1.33. The van der Waals surface area contributed by atoms with Gasteiger partial charge < -0.3 is 4.98 Å². The van der Waals surface area contributed by atoms with Gasteiger partial charge in [0.25, 0.3) is 0 Å². The molecule has 0 unspecified atom stereocenters. The van der Waals surface area contributed by atoms with E-state index in [0.717, 1.165) is 15.7 Å². The highest BCUT2D eigenvalue weighted by Crippen LogP contribution is 2.25. The minimum Gasteiger partial charge on any atom is -0.312 e. The zero-order valence-corrected chi connectivity index (χ0v) is 8.98. The molecule has 2 aromatic rings. The maximum absolute atomic E-state index is 10.9. The molecule has 0 atom stereocenters. The number of rotatable bonds is 1. The van der Waals surface area contributed by atoms with Gasteiger partial charge in [-0.15, -0.1) is 0 Å². The highest BCUT2D eigenvalue weighted by molar-refractivity contribution is 9.10. The van der Waals surface area contributed by atoms with Gasteiger partial charge in [0.2, 0.25) is 0 Å². The maximum atomic E-state index is 10.9. The maximum Gasteiger partial charge on any atom is 0.304 e. The number of hydrogen-bond acceptors (Lipinski definition) is 2. The van der Waals surface area contributed by atoms with Crippen LogP contribution in [0.3, 0.4) is 0 Å². The molecule has 0 saturated carbocycles. The summed E-state index contributed by atoms with van der Waals surface area (Å²) in [5.41, 5.74) is 1.88. The fraction of sp³-hybridized carbons (Fsp3) is 0. The Morgan fingerprint density at radius 2 is 2.08 bits per heavy atom. The highest BCUT2D eigenvalue weighted by Gasteiger charge is 2.03. The first kappa shape index (κ1) is 8.72. The van der Waals surface area contributed by atoms with Crippen molar-refractivity contribution in [3.05, 3.63) is 43.8 Å². The van der Waals surface area contributed by atoms with Crippen molar-refractivity contribution in [1.29, 1.82) is 0 Å². The molecule has 1 aromatic heterocycles. The number of benzene rings is 1. The topological polar surface area (TPSA) is 32.9 Å². The molecule has 0 bridgehead atoms. The Hall–Kier alpha value is -0.870. The van der Waals surface area contributed by atoms with Gasteiger partial charge >= 0.3 is 4.87 Å². The summed E-state index contributed by atoms with van der Waals surface area (Å²) in [4.78, 5) is 13.7. The fourth-order valence-corrected chi connectivity index (χ4v) is 2.17. The van der Waals surface area contributed by atoms with E-state index in [9.17, 15) is 4.79 Å². The van der Waals surface area contributed by atoms with Crippen molar-refractivity contribution < 1.29 is 0 Å². The van der Waals surface area contributed by atoms with Crippen LogP contribution in [0.15, 0.2) is 38.9 Å². The second-order valence-corrected chi connectivity index (χ2v) is 4.24. The Morgan fingerprint density at radius 3 is 2.69 bits per heavy atom. The Kier molecular flexibility index (Phi) is 2.33. The second kappa shape index (κ2) is 3.47. The minimum absolute atomic E-state index is 0.0225. The molecule has 66 valence electrons. The Labute approximate surface area is 87.4 Å². The van der Waals surface area contributed by atoms with Gasteiger partial charge in [-0.2, -0.15) is 0 Å². The summed E-state index contributed by atoms with van der Waals surface area (Å²) in [5, 5.41) is 1.82. The van der Waals surface area contributed by atoms with Gasteiger partial charge in [-0.25, -0.2) is 0 Å². The van der Waals surface area contributed by atoms with Crippen molar-refractivity contribution in [2.75, 3.05) is 0 Å². The molecular weight excluding hydrogens is 250 g/mol. The molecule has 0 aliphatic carbocycles. The molecule has 1 heterocycles. The smallest absolute Gasteiger partial charge is 0.304 e. The van der Waals surface area contributed by atoms with Crippen LogP contribution in [0.25, 0.3) is 11.3 Å². The fourth-order valence-electron chi connectivity index (χ4n) is 1.09. The van der Waals surface area contributed by atoms with E-state index in [2.05, 4.69) is 20.9 Å². The van der Waals surface area contributed by atoms with Crippen LogP contribution in [0.2, 0.25) is 0 Å². The van der Waals surface area contributed by atoms with E-state index < -0.39 is 0 Å². The predicted octanol–water partition coefficient (Wildman–Crippen LogP) is 2.87. The number of aromatic amines is 1. The van der Waals surface area contributed by atoms with Crippen LogP contribution < -0.4 is 4.87 Å². The van der Waals surface area contributed by atoms with E-state index in [1.807, 2.05) is 29.6 Å². The molecule has 0 spiro atoms. The SMILES string of the molecule is O=c1[nH]c(-c2ccccc2Br)cs1. The molecule has 1 N–H and O–H groups in total. The Morgan fingerprint density at radius 1 is 1.31 bits per heavy atom. The summed E-state index contributed by atoms with van der Waals surface area (Å²) < 4.78 is 0.990. The summed E-state index contributed by atoms with van der Waals surface area (Å²) in [6.07, 6.45) is 0. The normalized spacial score (nSPS) is 10.2. The predicted molar refractivity (Wildman–Crippen MR) is 58.1 cm³/mol. The van der Waals surface area contributed by atoms with Crippen LogP contribution in [0.5, 0.6) is 0 Å². The lowest BCUT2D eigenvalue weighted by Crippen LogP contribution is -1.92. The van der Waals surface area contributed by atoms with Gasteiger partial charge in [-0.1, -0.05) is 45.5 Å². The van der Waals surface area contributed by atoms with E-state index >= 15 is 0 Å². The second-order valence-electron chi connectivity index (χ2n) is 2.54. The van der Waals surface area contributed by atoms with Crippen LogP contribution in [0.1, 0.15) is 0 Å². The number of hydrogen-bond donors (Lipinski definition) is 1. The number of nitrogens with one attached hydrogen (secondary N) is 1. The summed E-state index contributed by atoms with van der Waals surface area (Å²) in [6.45, 7) is 0. The largest absolute Gasteiger partial charge is 0.312 e. The molecule has 0 fully saturated rings. The number of halogens is 1. The summed E-state index contributed by atoms with van der Waals surface area (Å²) in [5.74, 6) is 0. The zero-order chi connectivity index (χ0) is 9.26. The third-order valence-electron chi connectivity index (χ3n) is 1.68. The average molecular weight is 256 g/mol. The number of thiazole rings is 1. The van der Waals surface area contributed by atoms with Gasteiger partial charge in [0.1, 0.15) is 0 Å². The molecule has 2 nitrogen and oxygen atoms in total. The summed E-state index contributed by atoms with van der Waals surface area (Å²) >= 11 is 4.60. The van der Waals surface area contributed by atoms with Gasteiger partial charge in [0, 0.05) is 15.4 Å². The zero-order valence-electron chi connectivity index (χ0n) is 6.58. The molecule has 0 saturated heterocycles. The first-order chi connectivity index (χ1) is 6.27. The molecule has 13 heavy (non-hydrogen) atoms. The molecule has 0 radical (unpaired) electrons. The van der Waals surface area contributed by atoms with Gasteiger partial charge in [0.05, 0.1) is 5.69 Å². The van der Waals surface area contributed by atoms with Crippen molar-refractivity contribution in [3.63, 3.8) is 0 Å². The quantitative estimate of drug-likeness (QED) is 0.836. The van der Waals surface area contributed by atoms with Crippen molar-refractivity contribution in [2.24, 2.45) is 0 Å². The molecule has 0 aliphatic rings. The summed E-state index contributed by atoms with van der Waals surface area (Å²) in [7, 11) is 0. The summed E-state index contributed by atoms with van der Waals surface area (Å²) in [6, 6.07) is 7.79. The van der Waals surface area contributed by atoms with Crippen LogP contribution in [-0.2, 0) is 0 Å². The third-order valence-corrected chi connectivity index (χ3v) is 3.05.